The molecule has 1 aliphatic heterocycles. The molecule has 3 rings (SSSR count). The molecule has 0 aliphatic carbocycles. The van der Waals surface area contributed by atoms with Crippen molar-refractivity contribution in [3.8, 4) is 11.5 Å². The Morgan fingerprint density at radius 2 is 2.04 bits per heavy atom. The van der Waals surface area contributed by atoms with Crippen LogP contribution >= 0.6 is 0 Å². The average molecular weight is 333 g/mol. The maximum atomic E-state index is 12.3. The number of aliphatic hydroxyl groups is 1. The van der Waals surface area contributed by atoms with E-state index in [0.717, 1.165) is 32.0 Å². The Balaban J connectivity index is 2.29. The molecule has 0 saturated carbocycles. The highest BCUT2D eigenvalue weighted by atomic mass is 16.3. The third-order valence-electron chi connectivity index (χ3n) is 4.63. The van der Waals surface area contributed by atoms with Crippen LogP contribution in [0.1, 0.15) is 43.6 Å². The van der Waals surface area contributed by atoms with Crippen molar-refractivity contribution >= 4 is 11.0 Å². The number of hydrogen-bond acceptors (Lipinski definition) is 6. The summed E-state index contributed by atoms with van der Waals surface area (Å²) in [5.74, 6) is -0.0840. The zero-order valence-electron chi connectivity index (χ0n) is 14.0. The molecule has 0 bridgehead atoms. The Morgan fingerprint density at radius 1 is 1.29 bits per heavy atom. The number of aryl methyl sites for hydroxylation is 1. The van der Waals surface area contributed by atoms with E-state index in [-0.39, 0.29) is 27.9 Å². The van der Waals surface area contributed by atoms with E-state index < -0.39 is 12.1 Å². The minimum absolute atomic E-state index is 0.0441. The van der Waals surface area contributed by atoms with Gasteiger partial charge in [0.15, 0.2) is 5.43 Å². The van der Waals surface area contributed by atoms with Crippen molar-refractivity contribution in [2.24, 2.45) is 0 Å². The minimum Gasteiger partial charge on any atom is -0.507 e. The van der Waals surface area contributed by atoms with Crippen LogP contribution in [0.2, 0.25) is 0 Å². The standard InChI is InChI=1S/C18H23NO5/c1-3-6-19-7-4-5-11(20)17(19)16-14(23)9-13(22)15-12(21)8-10(2)24-18(15)16/h8-9,11,17,20,22-23H,3-7H2,1-2H3. The average Bonchev–Trinajstić information content (AvgIpc) is 2.49. The largest absolute Gasteiger partial charge is 0.507 e. The molecule has 1 saturated heterocycles. The first kappa shape index (κ1) is 16.8. The molecule has 0 spiro atoms. The third-order valence-corrected chi connectivity index (χ3v) is 4.63. The van der Waals surface area contributed by atoms with E-state index in [4.69, 9.17) is 4.42 Å². The van der Waals surface area contributed by atoms with E-state index in [9.17, 15) is 20.1 Å². The molecule has 1 aliphatic rings. The fourth-order valence-electron chi connectivity index (χ4n) is 3.68. The van der Waals surface area contributed by atoms with Gasteiger partial charge in [-0.25, -0.2) is 0 Å². The van der Waals surface area contributed by atoms with Crippen LogP contribution in [-0.2, 0) is 0 Å². The van der Waals surface area contributed by atoms with Gasteiger partial charge in [-0.2, -0.15) is 0 Å². The molecule has 1 aromatic heterocycles. The van der Waals surface area contributed by atoms with Gasteiger partial charge in [0.05, 0.1) is 17.7 Å². The molecule has 2 heterocycles. The lowest BCUT2D eigenvalue weighted by Gasteiger charge is -2.39. The number of nitrogens with zero attached hydrogens (tertiary/aromatic N) is 1. The number of aliphatic hydroxyl groups excluding tert-OH is 1. The zero-order valence-corrected chi connectivity index (χ0v) is 14.0. The maximum absolute atomic E-state index is 12.3. The molecule has 3 N–H and O–H groups in total. The summed E-state index contributed by atoms with van der Waals surface area (Å²) in [5, 5.41) is 31.2. The number of fused-ring (bicyclic) bond motifs is 1. The number of likely N-dealkylation sites (tertiary alicyclic amines) is 1. The van der Waals surface area contributed by atoms with Crippen molar-refractivity contribution in [2.75, 3.05) is 13.1 Å². The van der Waals surface area contributed by atoms with Crippen LogP contribution in [0.15, 0.2) is 21.3 Å². The minimum atomic E-state index is -0.672. The van der Waals surface area contributed by atoms with Crippen LogP contribution in [0.4, 0.5) is 0 Å². The highest BCUT2D eigenvalue weighted by Gasteiger charge is 2.35. The number of phenolic OH excluding ortho intramolecular Hbond substituents is 2. The summed E-state index contributed by atoms with van der Waals surface area (Å²) in [6.07, 6.45) is 1.72. The van der Waals surface area contributed by atoms with E-state index in [2.05, 4.69) is 11.8 Å². The van der Waals surface area contributed by atoms with Gasteiger partial charge >= 0.3 is 0 Å². The van der Waals surface area contributed by atoms with E-state index in [1.807, 2.05) is 0 Å². The van der Waals surface area contributed by atoms with Gasteiger partial charge in [0.2, 0.25) is 0 Å². The van der Waals surface area contributed by atoms with E-state index >= 15 is 0 Å². The highest BCUT2D eigenvalue weighted by molar-refractivity contribution is 5.88. The Kier molecular flexibility index (Phi) is 4.51. The smallest absolute Gasteiger partial charge is 0.196 e. The second-order valence-electron chi connectivity index (χ2n) is 6.44. The van der Waals surface area contributed by atoms with Crippen molar-refractivity contribution in [3.05, 3.63) is 33.7 Å². The Labute approximate surface area is 140 Å². The second kappa shape index (κ2) is 6.45. The highest BCUT2D eigenvalue weighted by Crippen LogP contribution is 2.42. The van der Waals surface area contributed by atoms with Crippen LogP contribution in [0, 0.1) is 6.92 Å². The normalized spacial score (nSPS) is 22.1. The van der Waals surface area contributed by atoms with Crippen LogP contribution < -0.4 is 5.43 Å². The molecule has 0 radical (unpaired) electrons. The lowest BCUT2D eigenvalue weighted by Crippen LogP contribution is -2.42. The van der Waals surface area contributed by atoms with E-state index in [1.54, 1.807) is 6.92 Å². The summed E-state index contributed by atoms with van der Waals surface area (Å²) in [5.41, 5.74) is 0.175. The number of aromatic hydroxyl groups is 2. The van der Waals surface area contributed by atoms with Crippen LogP contribution in [0.25, 0.3) is 11.0 Å². The first-order valence-electron chi connectivity index (χ1n) is 8.35. The van der Waals surface area contributed by atoms with Crippen molar-refractivity contribution < 1.29 is 19.7 Å². The Bertz CT molecular complexity index is 811. The van der Waals surface area contributed by atoms with Crippen LogP contribution in [-0.4, -0.2) is 39.4 Å². The van der Waals surface area contributed by atoms with Gasteiger partial charge in [0.1, 0.15) is 28.2 Å². The van der Waals surface area contributed by atoms with E-state index in [1.165, 1.54) is 6.07 Å². The number of phenols is 2. The SMILES string of the molecule is CCCN1CCCC(O)C1c1c(O)cc(O)c2c(=O)cc(C)oc12. The Hall–Kier alpha value is -2.05. The predicted octanol–water partition coefficient (Wildman–Crippen LogP) is 2.42. The first-order valence-corrected chi connectivity index (χ1v) is 8.35. The number of benzene rings is 1. The molecule has 24 heavy (non-hydrogen) atoms. The van der Waals surface area contributed by atoms with Gasteiger partial charge in [-0.15, -0.1) is 0 Å². The van der Waals surface area contributed by atoms with Crippen LogP contribution in [0.5, 0.6) is 11.5 Å². The lowest BCUT2D eigenvalue weighted by atomic mass is 9.90. The summed E-state index contributed by atoms with van der Waals surface area (Å²) in [4.78, 5) is 14.4. The molecule has 1 aromatic carbocycles. The summed E-state index contributed by atoms with van der Waals surface area (Å²) in [6, 6.07) is 2.01. The third kappa shape index (κ3) is 2.76. The number of piperidine rings is 1. The maximum Gasteiger partial charge on any atom is 0.196 e. The Morgan fingerprint density at radius 3 is 2.75 bits per heavy atom. The molecule has 1 fully saturated rings. The zero-order chi connectivity index (χ0) is 17.4. The van der Waals surface area contributed by atoms with Gasteiger partial charge in [0.25, 0.3) is 0 Å². The molecular formula is C18H23NO5. The molecule has 130 valence electrons. The number of rotatable bonds is 3. The van der Waals surface area contributed by atoms with Gasteiger partial charge in [-0.1, -0.05) is 6.92 Å². The lowest BCUT2D eigenvalue weighted by molar-refractivity contribution is 0.00895. The fraction of sp³-hybridized carbons (Fsp3) is 0.500. The molecule has 6 heteroatoms. The molecule has 0 amide bonds. The molecule has 2 aromatic rings. The molecule has 6 nitrogen and oxygen atoms in total. The van der Waals surface area contributed by atoms with Gasteiger partial charge in [-0.3, -0.25) is 9.69 Å². The molecular weight excluding hydrogens is 310 g/mol. The van der Waals surface area contributed by atoms with Crippen LogP contribution in [0.3, 0.4) is 0 Å². The topological polar surface area (TPSA) is 94.1 Å². The second-order valence-corrected chi connectivity index (χ2v) is 6.44. The fourth-order valence-corrected chi connectivity index (χ4v) is 3.68. The summed E-state index contributed by atoms with van der Waals surface area (Å²) < 4.78 is 5.71. The quantitative estimate of drug-likeness (QED) is 0.798. The molecule has 2 atom stereocenters. The predicted molar refractivity (Wildman–Crippen MR) is 90.4 cm³/mol. The van der Waals surface area contributed by atoms with Crippen molar-refractivity contribution in [1.29, 1.82) is 0 Å². The van der Waals surface area contributed by atoms with Crippen molar-refractivity contribution in [3.63, 3.8) is 0 Å². The van der Waals surface area contributed by atoms with E-state index in [0.29, 0.717) is 17.7 Å². The monoisotopic (exact) mass is 333 g/mol. The van der Waals surface area contributed by atoms with Gasteiger partial charge in [-0.05, 0) is 39.3 Å². The van der Waals surface area contributed by atoms with Gasteiger partial charge < -0.3 is 19.7 Å². The summed E-state index contributed by atoms with van der Waals surface area (Å²) in [7, 11) is 0. The first-order chi connectivity index (χ1) is 11.4. The summed E-state index contributed by atoms with van der Waals surface area (Å²) in [6.45, 7) is 5.26. The number of hydrogen-bond donors (Lipinski definition) is 3. The van der Waals surface area contributed by atoms with Crippen molar-refractivity contribution in [2.45, 2.75) is 45.3 Å². The summed E-state index contributed by atoms with van der Waals surface area (Å²) >= 11 is 0. The van der Waals surface area contributed by atoms with Gasteiger partial charge in [0, 0.05) is 12.1 Å². The van der Waals surface area contributed by atoms with Crippen molar-refractivity contribution in [1.82, 2.24) is 4.90 Å². The molecule has 2 unspecified atom stereocenters.